The topological polar surface area (TPSA) is 66.6 Å². The fraction of sp³-hybridized carbons (Fsp3) is 0.400. The normalized spacial score (nSPS) is 10.1. The van der Waals surface area contributed by atoms with E-state index in [1.807, 2.05) is 13.8 Å². The molecule has 1 rings (SSSR count). The van der Waals surface area contributed by atoms with Gasteiger partial charge in [0.1, 0.15) is 5.82 Å². The summed E-state index contributed by atoms with van der Waals surface area (Å²) in [6.07, 6.45) is 0. The predicted octanol–water partition coefficient (Wildman–Crippen LogP) is 0.979. The van der Waals surface area contributed by atoms with E-state index in [1.54, 1.807) is 6.07 Å². The summed E-state index contributed by atoms with van der Waals surface area (Å²) in [5, 5.41) is 8.97. The molecular formula is C15H19FN2O2. The second-order valence-corrected chi connectivity index (χ2v) is 4.52. The molecule has 0 radical (unpaired) electrons. The summed E-state index contributed by atoms with van der Waals surface area (Å²) in [4.78, 5) is 13.7. The van der Waals surface area contributed by atoms with Crippen molar-refractivity contribution in [1.29, 1.82) is 0 Å². The van der Waals surface area contributed by atoms with Crippen LogP contribution in [0, 0.1) is 17.7 Å². The van der Waals surface area contributed by atoms with Gasteiger partial charge in [0.05, 0.1) is 18.7 Å². The fourth-order valence-corrected chi connectivity index (χ4v) is 1.78. The van der Waals surface area contributed by atoms with Crippen LogP contribution in [0.1, 0.15) is 29.8 Å². The van der Waals surface area contributed by atoms with Gasteiger partial charge in [-0.1, -0.05) is 11.8 Å². The van der Waals surface area contributed by atoms with E-state index in [9.17, 15) is 9.18 Å². The first-order valence-corrected chi connectivity index (χ1v) is 6.41. The van der Waals surface area contributed by atoms with Crippen LogP contribution in [0.4, 0.5) is 4.39 Å². The largest absolute Gasteiger partial charge is 0.395 e. The third-order valence-corrected chi connectivity index (χ3v) is 2.76. The lowest BCUT2D eigenvalue weighted by Crippen LogP contribution is -2.39. The Bertz CT molecular complexity index is 532. The molecule has 1 aromatic carbocycles. The number of rotatable bonds is 4. The van der Waals surface area contributed by atoms with Crippen molar-refractivity contribution in [3.63, 3.8) is 0 Å². The van der Waals surface area contributed by atoms with Crippen LogP contribution in [-0.2, 0) is 0 Å². The lowest BCUT2D eigenvalue weighted by atomic mass is 10.1. The SMILES string of the molecule is CC(C)N(CCO)C(=O)c1ccc(C#CCN)cc1F. The van der Waals surface area contributed by atoms with Crippen molar-refractivity contribution in [1.82, 2.24) is 4.90 Å². The molecule has 4 nitrogen and oxygen atoms in total. The van der Waals surface area contributed by atoms with Gasteiger partial charge in [-0.05, 0) is 32.0 Å². The molecule has 0 aromatic heterocycles. The molecule has 0 aliphatic heterocycles. The van der Waals surface area contributed by atoms with Gasteiger partial charge >= 0.3 is 0 Å². The highest BCUT2D eigenvalue weighted by atomic mass is 19.1. The summed E-state index contributed by atoms with van der Waals surface area (Å²) < 4.78 is 14.0. The van der Waals surface area contributed by atoms with Crippen LogP contribution in [0.2, 0.25) is 0 Å². The lowest BCUT2D eigenvalue weighted by molar-refractivity contribution is 0.0660. The number of carbonyl (C=O) groups is 1. The van der Waals surface area contributed by atoms with E-state index in [-0.39, 0.29) is 31.3 Å². The summed E-state index contributed by atoms with van der Waals surface area (Å²) in [6, 6.07) is 4.08. The minimum absolute atomic E-state index is 0.0227. The first-order valence-electron chi connectivity index (χ1n) is 6.41. The van der Waals surface area contributed by atoms with Gasteiger partial charge in [0.25, 0.3) is 5.91 Å². The average molecular weight is 278 g/mol. The number of carbonyl (C=O) groups excluding carboxylic acids is 1. The van der Waals surface area contributed by atoms with Gasteiger partial charge in [0.2, 0.25) is 0 Å². The average Bonchev–Trinajstić information content (AvgIpc) is 2.41. The van der Waals surface area contributed by atoms with Crippen molar-refractivity contribution >= 4 is 5.91 Å². The van der Waals surface area contributed by atoms with E-state index in [2.05, 4.69) is 11.8 Å². The summed E-state index contributed by atoms with van der Waals surface area (Å²) >= 11 is 0. The molecule has 0 aliphatic carbocycles. The predicted molar refractivity (Wildman–Crippen MR) is 75.6 cm³/mol. The van der Waals surface area contributed by atoms with Crippen molar-refractivity contribution in [3.8, 4) is 11.8 Å². The van der Waals surface area contributed by atoms with Gasteiger partial charge in [-0.2, -0.15) is 0 Å². The first-order chi connectivity index (χ1) is 9.51. The monoisotopic (exact) mass is 278 g/mol. The minimum atomic E-state index is -0.623. The molecule has 0 spiro atoms. The van der Waals surface area contributed by atoms with E-state index < -0.39 is 11.7 Å². The molecule has 108 valence electrons. The summed E-state index contributed by atoms with van der Waals surface area (Å²) in [5.74, 6) is 4.27. The maximum Gasteiger partial charge on any atom is 0.257 e. The van der Waals surface area contributed by atoms with Gasteiger partial charge in [-0.25, -0.2) is 4.39 Å². The number of amides is 1. The zero-order valence-electron chi connectivity index (χ0n) is 11.7. The Kier molecular flexibility index (Phi) is 6.16. The van der Waals surface area contributed by atoms with Crippen LogP contribution < -0.4 is 5.73 Å². The Balaban J connectivity index is 3.04. The van der Waals surface area contributed by atoms with Crippen molar-refractivity contribution in [3.05, 3.63) is 35.1 Å². The Hall–Kier alpha value is -1.90. The number of aliphatic hydroxyl groups is 1. The standard InChI is InChI=1S/C15H19FN2O2/c1-11(2)18(8-9-19)15(20)13-6-5-12(4-3-7-17)10-14(13)16/h5-6,10-11,19H,7-9,17H2,1-2H3. The molecule has 5 heteroatoms. The minimum Gasteiger partial charge on any atom is -0.395 e. The maximum absolute atomic E-state index is 14.0. The number of aliphatic hydroxyl groups excluding tert-OH is 1. The highest BCUT2D eigenvalue weighted by molar-refractivity contribution is 5.94. The number of hydrogen-bond donors (Lipinski definition) is 2. The zero-order valence-corrected chi connectivity index (χ0v) is 11.7. The fourth-order valence-electron chi connectivity index (χ4n) is 1.78. The van der Waals surface area contributed by atoms with Crippen molar-refractivity contribution in [2.75, 3.05) is 19.7 Å². The second-order valence-electron chi connectivity index (χ2n) is 4.52. The summed E-state index contributed by atoms with van der Waals surface area (Å²) in [6.45, 7) is 3.83. The quantitative estimate of drug-likeness (QED) is 0.807. The molecule has 0 saturated heterocycles. The Morgan fingerprint density at radius 2 is 2.20 bits per heavy atom. The molecule has 0 fully saturated rings. The molecule has 0 bridgehead atoms. The van der Waals surface area contributed by atoms with Crippen LogP contribution in [-0.4, -0.2) is 41.7 Å². The van der Waals surface area contributed by atoms with Gasteiger partial charge in [0, 0.05) is 18.2 Å². The van der Waals surface area contributed by atoms with Gasteiger partial charge in [-0.15, -0.1) is 0 Å². The Labute approximate surface area is 118 Å². The molecule has 1 amide bonds. The molecule has 3 N–H and O–H groups in total. The second kappa shape index (κ2) is 7.63. The third kappa shape index (κ3) is 4.05. The molecule has 1 aromatic rings. The van der Waals surface area contributed by atoms with Crippen molar-refractivity contribution in [2.24, 2.45) is 5.73 Å². The summed E-state index contributed by atoms with van der Waals surface area (Å²) in [5.41, 5.74) is 5.70. The number of hydrogen-bond acceptors (Lipinski definition) is 3. The molecular weight excluding hydrogens is 259 g/mol. The van der Waals surface area contributed by atoms with Crippen LogP contribution in [0.5, 0.6) is 0 Å². The summed E-state index contributed by atoms with van der Waals surface area (Å²) in [7, 11) is 0. The molecule has 0 saturated carbocycles. The Morgan fingerprint density at radius 1 is 1.50 bits per heavy atom. The highest BCUT2D eigenvalue weighted by Crippen LogP contribution is 2.14. The zero-order chi connectivity index (χ0) is 15.1. The molecule has 20 heavy (non-hydrogen) atoms. The number of benzene rings is 1. The van der Waals surface area contributed by atoms with Crippen LogP contribution in [0.15, 0.2) is 18.2 Å². The van der Waals surface area contributed by atoms with Crippen LogP contribution in [0.25, 0.3) is 0 Å². The van der Waals surface area contributed by atoms with E-state index >= 15 is 0 Å². The van der Waals surface area contributed by atoms with Gasteiger partial charge in [-0.3, -0.25) is 4.79 Å². The van der Waals surface area contributed by atoms with E-state index in [4.69, 9.17) is 10.8 Å². The molecule has 0 aliphatic rings. The van der Waals surface area contributed by atoms with Crippen molar-refractivity contribution in [2.45, 2.75) is 19.9 Å². The van der Waals surface area contributed by atoms with E-state index in [0.29, 0.717) is 5.56 Å². The van der Waals surface area contributed by atoms with Gasteiger partial charge in [0.15, 0.2) is 0 Å². The number of halogens is 1. The lowest BCUT2D eigenvalue weighted by Gasteiger charge is -2.26. The highest BCUT2D eigenvalue weighted by Gasteiger charge is 2.21. The van der Waals surface area contributed by atoms with E-state index in [1.165, 1.54) is 17.0 Å². The Morgan fingerprint density at radius 3 is 2.70 bits per heavy atom. The maximum atomic E-state index is 14.0. The van der Waals surface area contributed by atoms with Crippen LogP contribution >= 0.6 is 0 Å². The molecule has 0 atom stereocenters. The third-order valence-electron chi connectivity index (χ3n) is 2.76. The molecule has 0 unspecified atom stereocenters. The number of nitrogens with zero attached hydrogens (tertiary/aromatic N) is 1. The molecule has 0 heterocycles. The van der Waals surface area contributed by atoms with E-state index in [0.717, 1.165) is 0 Å². The smallest absolute Gasteiger partial charge is 0.257 e. The van der Waals surface area contributed by atoms with Gasteiger partial charge < -0.3 is 15.7 Å². The first kappa shape index (κ1) is 16.2. The number of nitrogens with two attached hydrogens (primary N) is 1. The van der Waals surface area contributed by atoms with Crippen molar-refractivity contribution < 1.29 is 14.3 Å². The van der Waals surface area contributed by atoms with Crippen LogP contribution in [0.3, 0.4) is 0 Å².